The number of piperazine rings is 1. The highest BCUT2D eigenvalue weighted by molar-refractivity contribution is 5.78. The Balaban J connectivity index is 1.01. The Labute approximate surface area is 218 Å². The molecule has 0 unspecified atom stereocenters. The van der Waals surface area contributed by atoms with Crippen molar-refractivity contribution in [3.05, 3.63) is 60.3 Å². The maximum atomic E-state index is 13.3. The molecule has 1 aliphatic carbocycles. The zero-order valence-corrected chi connectivity index (χ0v) is 21.9. The molecule has 1 saturated carbocycles. The number of carbonyl (C=O) groups excluding carboxylic acids is 1. The van der Waals surface area contributed by atoms with Crippen molar-refractivity contribution in [2.75, 3.05) is 38.2 Å². The van der Waals surface area contributed by atoms with Crippen molar-refractivity contribution in [3.63, 3.8) is 0 Å². The van der Waals surface area contributed by atoms with Crippen LogP contribution in [0.25, 0.3) is 11.0 Å². The van der Waals surface area contributed by atoms with E-state index in [4.69, 9.17) is 9.72 Å². The van der Waals surface area contributed by atoms with Gasteiger partial charge < -0.3 is 19.9 Å². The third-order valence-electron chi connectivity index (χ3n) is 8.27. The van der Waals surface area contributed by atoms with Gasteiger partial charge in [0.15, 0.2) is 0 Å². The summed E-state index contributed by atoms with van der Waals surface area (Å²) in [6, 6.07) is 16.9. The fourth-order valence-electron chi connectivity index (χ4n) is 6.62. The molecule has 3 aliphatic rings. The summed E-state index contributed by atoms with van der Waals surface area (Å²) in [6.07, 6.45) is 4.00. The van der Waals surface area contributed by atoms with Gasteiger partial charge in [-0.05, 0) is 49.8 Å². The molecule has 0 radical (unpaired) electrons. The summed E-state index contributed by atoms with van der Waals surface area (Å²) in [5.74, 6) is 1.62. The molecule has 1 spiro atoms. The Kier molecular flexibility index (Phi) is 6.15. The second-order valence-corrected chi connectivity index (χ2v) is 11.3. The summed E-state index contributed by atoms with van der Waals surface area (Å²) in [5, 5.41) is 3.33. The van der Waals surface area contributed by atoms with Crippen LogP contribution in [0.15, 0.2) is 54.7 Å². The molecule has 3 heterocycles. The first-order valence-corrected chi connectivity index (χ1v) is 13.3. The Bertz CT molecular complexity index is 1260. The van der Waals surface area contributed by atoms with Gasteiger partial charge in [0.25, 0.3) is 0 Å². The number of hydrogen-bond donors (Lipinski definition) is 1. The van der Waals surface area contributed by atoms with Gasteiger partial charge in [-0.3, -0.25) is 9.88 Å². The van der Waals surface area contributed by atoms with E-state index in [9.17, 15) is 4.79 Å². The molecule has 1 aromatic heterocycles. The number of carbonyl (C=O) groups is 1. The van der Waals surface area contributed by atoms with Gasteiger partial charge in [-0.15, -0.1) is 0 Å². The van der Waals surface area contributed by atoms with E-state index in [1.54, 1.807) is 7.11 Å². The fourth-order valence-corrected chi connectivity index (χ4v) is 6.62. The van der Waals surface area contributed by atoms with Gasteiger partial charge in [0.1, 0.15) is 11.6 Å². The van der Waals surface area contributed by atoms with E-state index in [0.717, 1.165) is 68.2 Å². The SMILES string of the molecule is COc1ccc2nc(N3C[C@@H](C)N(C(=O)NC4CC5(C4)CN(Cc4ccccc4)C5)[C@@H](C)C3)cnc2c1. The number of anilines is 1. The molecule has 2 amide bonds. The van der Waals surface area contributed by atoms with E-state index < -0.39 is 0 Å². The molecular weight excluding hydrogens is 464 g/mol. The van der Waals surface area contributed by atoms with Crippen LogP contribution < -0.4 is 15.0 Å². The molecular formula is C29H36N6O2. The van der Waals surface area contributed by atoms with Gasteiger partial charge in [0, 0.05) is 56.9 Å². The number of hydrogen-bond acceptors (Lipinski definition) is 6. The zero-order valence-electron chi connectivity index (χ0n) is 21.9. The first kappa shape index (κ1) is 24.0. The summed E-state index contributed by atoms with van der Waals surface area (Å²) >= 11 is 0. The predicted octanol–water partition coefficient (Wildman–Crippen LogP) is 3.91. The number of benzene rings is 2. The number of likely N-dealkylation sites (tertiary alicyclic amines) is 1. The lowest BCUT2D eigenvalue weighted by Crippen LogP contribution is -2.68. The van der Waals surface area contributed by atoms with Gasteiger partial charge in [0.05, 0.1) is 24.3 Å². The standard InChI is InChI=1S/C29H36N6O2/c1-20-15-34(27-14-30-26-11-24(37-3)9-10-25(26)32-27)16-21(2)35(20)28(36)31-23-12-29(13-23)18-33(19-29)17-22-7-5-4-6-8-22/h4-11,14,20-21,23H,12-13,15-19H2,1-3H3,(H,31,36)/t20-,21+. The molecule has 8 nitrogen and oxygen atoms in total. The maximum Gasteiger partial charge on any atom is 0.318 e. The maximum absolute atomic E-state index is 13.3. The van der Waals surface area contributed by atoms with Gasteiger partial charge in [-0.2, -0.15) is 0 Å². The predicted molar refractivity (Wildman–Crippen MR) is 145 cm³/mol. The number of nitrogens with zero attached hydrogens (tertiary/aromatic N) is 5. The lowest BCUT2D eigenvalue weighted by atomic mass is 9.60. The first-order valence-electron chi connectivity index (χ1n) is 13.3. The number of amides is 2. The lowest BCUT2D eigenvalue weighted by molar-refractivity contribution is -0.0812. The van der Waals surface area contributed by atoms with Crippen LogP contribution in [0.3, 0.4) is 0 Å². The summed E-state index contributed by atoms with van der Waals surface area (Å²) in [5.41, 5.74) is 3.44. The second-order valence-electron chi connectivity index (χ2n) is 11.3. The Morgan fingerprint density at radius 3 is 2.49 bits per heavy atom. The van der Waals surface area contributed by atoms with Crippen molar-refractivity contribution in [3.8, 4) is 5.75 Å². The zero-order chi connectivity index (χ0) is 25.6. The molecule has 2 aliphatic heterocycles. The average molecular weight is 501 g/mol. The van der Waals surface area contributed by atoms with E-state index >= 15 is 0 Å². The van der Waals surface area contributed by atoms with Crippen LogP contribution in [0, 0.1) is 5.41 Å². The minimum absolute atomic E-state index is 0.0663. The quantitative estimate of drug-likeness (QED) is 0.573. The molecule has 2 saturated heterocycles. The van der Waals surface area contributed by atoms with Crippen molar-refractivity contribution in [1.82, 2.24) is 25.1 Å². The van der Waals surface area contributed by atoms with Crippen LogP contribution in [0.1, 0.15) is 32.3 Å². The summed E-state index contributed by atoms with van der Waals surface area (Å²) < 4.78 is 5.29. The second kappa shape index (κ2) is 9.49. The normalized spacial score (nSPS) is 23.5. The number of aromatic nitrogens is 2. The Hall–Kier alpha value is -3.39. The van der Waals surface area contributed by atoms with Crippen molar-refractivity contribution in [2.45, 2.75) is 51.4 Å². The number of nitrogens with one attached hydrogen (secondary N) is 1. The van der Waals surface area contributed by atoms with E-state index in [0.29, 0.717) is 5.41 Å². The number of urea groups is 1. The van der Waals surface area contributed by atoms with Crippen molar-refractivity contribution < 1.29 is 9.53 Å². The largest absolute Gasteiger partial charge is 0.497 e. The first-order chi connectivity index (χ1) is 17.9. The third kappa shape index (κ3) is 4.70. The van der Waals surface area contributed by atoms with Crippen molar-refractivity contribution in [2.24, 2.45) is 5.41 Å². The summed E-state index contributed by atoms with van der Waals surface area (Å²) in [7, 11) is 1.65. The van der Waals surface area contributed by atoms with Crippen LogP contribution in [0.4, 0.5) is 10.6 Å². The van der Waals surface area contributed by atoms with Crippen LogP contribution >= 0.6 is 0 Å². The lowest BCUT2D eigenvalue weighted by Gasteiger charge is -2.59. The molecule has 194 valence electrons. The molecule has 2 atom stereocenters. The summed E-state index contributed by atoms with van der Waals surface area (Å²) in [6.45, 7) is 9.01. The van der Waals surface area contributed by atoms with Crippen molar-refractivity contribution >= 4 is 22.9 Å². The van der Waals surface area contributed by atoms with E-state index in [1.807, 2.05) is 29.3 Å². The third-order valence-corrected chi connectivity index (χ3v) is 8.27. The minimum Gasteiger partial charge on any atom is -0.497 e. The number of fused-ring (bicyclic) bond motifs is 1. The Morgan fingerprint density at radius 2 is 1.78 bits per heavy atom. The monoisotopic (exact) mass is 500 g/mol. The minimum atomic E-state index is 0.0663. The smallest absolute Gasteiger partial charge is 0.318 e. The Morgan fingerprint density at radius 1 is 1.05 bits per heavy atom. The average Bonchev–Trinajstić information content (AvgIpc) is 2.85. The number of rotatable bonds is 5. The van der Waals surface area contributed by atoms with E-state index in [-0.39, 0.29) is 24.2 Å². The number of ether oxygens (including phenoxy) is 1. The van der Waals surface area contributed by atoms with E-state index in [1.165, 1.54) is 5.56 Å². The molecule has 6 rings (SSSR count). The van der Waals surface area contributed by atoms with Crippen LogP contribution in [-0.2, 0) is 6.54 Å². The molecule has 3 fully saturated rings. The van der Waals surface area contributed by atoms with Crippen LogP contribution in [0.2, 0.25) is 0 Å². The molecule has 8 heteroatoms. The van der Waals surface area contributed by atoms with Crippen molar-refractivity contribution in [1.29, 1.82) is 0 Å². The van der Waals surface area contributed by atoms with Gasteiger partial charge >= 0.3 is 6.03 Å². The van der Waals surface area contributed by atoms with Gasteiger partial charge in [-0.1, -0.05) is 30.3 Å². The topological polar surface area (TPSA) is 73.8 Å². The van der Waals surface area contributed by atoms with Gasteiger partial charge in [0.2, 0.25) is 0 Å². The van der Waals surface area contributed by atoms with Gasteiger partial charge in [-0.25, -0.2) is 9.78 Å². The molecule has 0 bridgehead atoms. The van der Waals surface area contributed by atoms with Crippen LogP contribution in [-0.4, -0.2) is 77.2 Å². The molecule has 37 heavy (non-hydrogen) atoms. The molecule has 2 aromatic carbocycles. The highest BCUT2D eigenvalue weighted by Gasteiger charge is 2.52. The summed E-state index contributed by atoms with van der Waals surface area (Å²) in [4.78, 5) is 29.5. The fraction of sp³-hybridized carbons (Fsp3) is 0.483. The molecule has 1 N–H and O–H groups in total. The highest BCUT2D eigenvalue weighted by Crippen LogP contribution is 2.48. The van der Waals surface area contributed by atoms with E-state index in [2.05, 4.69) is 64.3 Å². The highest BCUT2D eigenvalue weighted by atomic mass is 16.5. The number of methoxy groups -OCH3 is 1. The molecule has 3 aromatic rings. The van der Waals surface area contributed by atoms with Crippen LogP contribution in [0.5, 0.6) is 5.75 Å².